The first-order valence-electron chi connectivity index (χ1n) is 10.7. The number of fused-ring (bicyclic) bond motifs is 3. The van der Waals surface area contributed by atoms with Crippen LogP contribution in [0.15, 0.2) is 18.2 Å². The van der Waals surface area contributed by atoms with Gasteiger partial charge in [-0.15, -0.1) is 0 Å². The van der Waals surface area contributed by atoms with E-state index in [1.165, 1.54) is 0 Å². The van der Waals surface area contributed by atoms with Gasteiger partial charge in [-0.3, -0.25) is 9.59 Å². The van der Waals surface area contributed by atoms with Crippen LogP contribution in [-0.4, -0.2) is 48.4 Å². The van der Waals surface area contributed by atoms with Crippen LogP contribution >= 0.6 is 0 Å². The highest BCUT2D eigenvalue weighted by atomic mass is 16.6. The SMILES string of the molecule is CCCNC(=O)C[C@@H]1C[C@H]2c3cc(NC(=O)C4CCC4)ccc3O[C@H]2[C@H](CO)O1. The zero-order valence-corrected chi connectivity index (χ0v) is 16.9. The Kier molecular flexibility index (Phi) is 6.06. The van der Waals surface area contributed by atoms with E-state index in [0.29, 0.717) is 13.0 Å². The first-order chi connectivity index (χ1) is 14.1. The van der Waals surface area contributed by atoms with Crippen LogP contribution in [0.2, 0.25) is 0 Å². The Balaban J connectivity index is 1.47. The molecule has 0 spiro atoms. The third kappa shape index (κ3) is 4.26. The Hall–Kier alpha value is -2.12. The summed E-state index contributed by atoms with van der Waals surface area (Å²) < 4.78 is 12.0. The fourth-order valence-electron chi connectivity index (χ4n) is 4.43. The molecule has 4 atom stereocenters. The molecule has 1 saturated heterocycles. The second kappa shape index (κ2) is 8.71. The van der Waals surface area contributed by atoms with E-state index in [2.05, 4.69) is 10.6 Å². The number of hydrogen-bond acceptors (Lipinski definition) is 5. The van der Waals surface area contributed by atoms with Gasteiger partial charge in [0.05, 0.1) is 19.1 Å². The number of hydrogen-bond donors (Lipinski definition) is 3. The minimum Gasteiger partial charge on any atom is -0.487 e. The molecular weight excluding hydrogens is 372 g/mol. The third-order valence-corrected chi connectivity index (χ3v) is 6.23. The van der Waals surface area contributed by atoms with Gasteiger partial charge in [0.2, 0.25) is 11.8 Å². The molecule has 0 radical (unpaired) electrons. The molecule has 3 N–H and O–H groups in total. The van der Waals surface area contributed by atoms with Crippen LogP contribution < -0.4 is 15.4 Å². The summed E-state index contributed by atoms with van der Waals surface area (Å²) in [5.74, 6) is 0.963. The monoisotopic (exact) mass is 402 g/mol. The minimum atomic E-state index is -0.474. The smallest absolute Gasteiger partial charge is 0.227 e. The number of ether oxygens (including phenoxy) is 2. The molecule has 158 valence electrons. The van der Waals surface area contributed by atoms with Crippen molar-refractivity contribution in [3.8, 4) is 5.75 Å². The van der Waals surface area contributed by atoms with Crippen LogP contribution in [0.4, 0.5) is 5.69 Å². The molecule has 2 amide bonds. The lowest BCUT2D eigenvalue weighted by Gasteiger charge is -2.37. The van der Waals surface area contributed by atoms with E-state index in [-0.39, 0.29) is 48.9 Å². The van der Waals surface area contributed by atoms with Gasteiger partial charge in [0.15, 0.2) is 0 Å². The summed E-state index contributed by atoms with van der Waals surface area (Å²) in [6, 6.07) is 5.71. The second-order valence-corrected chi connectivity index (χ2v) is 8.33. The lowest BCUT2D eigenvalue weighted by atomic mass is 9.83. The lowest BCUT2D eigenvalue weighted by molar-refractivity contribution is -0.142. The van der Waals surface area contributed by atoms with Gasteiger partial charge in [-0.05, 0) is 43.9 Å². The molecule has 2 heterocycles. The maximum atomic E-state index is 12.3. The fourth-order valence-corrected chi connectivity index (χ4v) is 4.43. The van der Waals surface area contributed by atoms with Crippen molar-refractivity contribution < 1.29 is 24.2 Å². The molecule has 0 unspecified atom stereocenters. The average molecular weight is 402 g/mol. The van der Waals surface area contributed by atoms with Gasteiger partial charge < -0.3 is 25.2 Å². The van der Waals surface area contributed by atoms with Gasteiger partial charge >= 0.3 is 0 Å². The number of amides is 2. The van der Waals surface area contributed by atoms with Crippen LogP contribution in [0.3, 0.4) is 0 Å². The third-order valence-electron chi connectivity index (χ3n) is 6.23. The lowest BCUT2D eigenvalue weighted by Crippen LogP contribution is -2.47. The molecule has 0 aromatic heterocycles. The number of aliphatic hydroxyl groups excluding tert-OH is 1. The molecule has 29 heavy (non-hydrogen) atoms. The van der Waals surface area contributed by atoms with Crippen molar-refractivity contribution in [3.05, 3.63) is 23.8 Å². The van der Waals surface area contributed by atoms with E-state index in [9.17, 15) is 14.7 Å². The highest BCUT2D eigenvalue weighted by molar-refractivity contribution is 5.93. The summed E-state index contributed by atoms with van der Waals surface area (Å²) in [5, 5.41) is 15.7. The van der Waals surface area contributed by atoms with Crippen LogP contribution in [0.25, 0.3) is 0 Å². The standard InChI is InChI=1S/C22H30N2O5/c1-2-8-23-20(26)11-15-10-17-16-9-14(24-22(27)13-4-3-5-13)6-7-18(16)29-21(17)19(12-25)28-15/h6-7,9,13,15,17,19,21,25H,2-5,8,10-12H2,1H3,(H,23,26)(H,24,27)/t15-,17-,19-,21+/m0/s1. The van der Waals surface area contributed by atoms with Gasteiger partial charge in [0.1, 0.15) is 18.0 Å². The molecule has 1 saturated carbocycles. The van der Waals surface area contributed by atoms with Crippen LogP contribution in [0.5, 0.6) is 5.75 Å². The van der Waals surface area contributed by atoms with Crippen molar-refractivity contribution in [2.75, 3.05) is 18.5 Å². The Morgan fingerprint density at radius 2 is 2.10 bits per heavy atom. The predicted molar refractivity (Wildman–Crippen MR) is 108 cm³/mol. The Morgan fingerprint density at radius 3 is 2.79 bits per heavy atom. The van der Waals surface area contributed by atoms with Crippen molar-refractivity contribution >= 4 is 17.5 Å². The second-order valence-electron chi connectivity index (χ2n) is 8.33. The van der Waals surface area contributed by atoms with Crippen molar-refractivity contribution in [1.82, 2.24) is 5.32 Å². The van der Waals surface area contributed by atoms with Crippen LogP contribution in [0.1, 0.15) is 56.9 Å². The zero-order chi connectivity index (χ0) is 20.4. The summed E-state index contributed by atoms with van der Waals surface area (Å²) in [6.45, 7) is 2.50. The van der Waals surface area contributed by atoms with Crippen molar-refractivity contribution in [3.63, 3.8) is 0 Å². The largest absolute Gasteiger partial charge is 0.487 e. The molecule has 2 fully saturated rings. The van der Waals surface area contributed by atoms with E-state index < -0.39 is 6.10 Å². The quantitative estimate of drug-likeness (QED) is 0.650. The maximum Gasteiger partial charge on any atom is 0.227 e. The number of nitrogens with one attached hydrogen (secondary N) is 2. The molecule has 3 aliphatic rings. The first-order valence-corrected chi connectivity index (χ1v) is 10.7. The zero-order valence-electron chi connectivity index (χ0n) is 16.9. The number of carbonyl (C=O) groups excluding carboxylic acids is 2. The van der Waals surface area contributed by atoms with Gasteiger partial charge in [-0.2, -0.15) is 0 Å². The average Bonchev–Trinajstić information content (AvgIpc) is 3.02. The predicted octanol–water partition coefficient (Wildman–Crippen LogP) is 2.34. The molecule has 1 aromatic carbocycles. The molecule has 0 bridgehead atoms. The van der Waals surface area contributed by atoms with Crippen LogP contribution in [-0.2, 0) is 14.3 Å². The Labute approximate surface area is 171 Å². The summed E-state index contributed by atoms with van der Waals surface area (Å²) in [7, 11) is 0. The van der Waals surface area contributed by atoms with E-state index in [1.807, 2.05) is 25.1 Å². The molecule has 2 aliphatic heterocycles. The Bertz CT molecular complexity index is 764. The first kappa shape index (κ1) is 20.2. The minimum absolute atomic E-state index is 0.0282. The van der Waals surface area contributed by atoms with E-state index >= 15 is 0 Å². The van der Waals surface area contributed by atoms with E-state index in [1.54, 1.807) is 0 Å². The van der Waals surface area contributed by atoms with E-state index in [4.69, 9.17) is 9.47 Å². The molecular formula is C22H30N2O5. The van der Waals surface area contributed by atoms with Gasteiger partial charge in [0, 0.05) is 29.6 Å². The molecule has 7 nitrogen and oxygen atoms in total. The highest BCUT2D eigenvalue weighted by Gasteiger charge is 2.46. The summed E-state index contributed by atoms with van der Waals surface area (Å²) >= 11 is 0. The number of carbonyl (C=O) groups is 2. The summed E-state index contributed by atoms with van der Waals surface area (Å²) in [6.07, 6.45) is 3.83. The summed E-state index contributed by atoms with van der Waals surface area (Å²) in [5.41, 5.74) is 1.79. The summed E-state index contributed by atoms with van der Waals surface area (Å²) in [4.78, 5) is 24.4. The molecule has 1 aromatic rings. The van der Waals surface area contributed by atoms with Crippen molar-refractivity contribution in [2.45, 2.75) is 69.7 Å². The topological polar surface area (TPSA) is 96.9 Å². The van der Waals surface area contributed by atoms with Gasteiger partial charge in [-0.1, -0.05) is 13.3 Å². The van der Waals surface area contributed by atoms with Crippen molar-refractivity contribution in [1.29, 1.82) is 0 Å². The van der Waals surface area contributed by atoms with Crippen LogP contribution in [0, 0.1) is 5.92 Å². The number of rotatable bonds is 7. The maximum absolute atomic E-state index is 12.3. The van der Waals surface area contributed by atoms with Gasteiger partial charge in [-0.25, -0.2) is 0 Å². The number of benzene rings is 1. The molecule has 7 heteroatoms. The van der Waals surface area contributed by atoms with E-state index in [0.717, 1.165) is 42.7 Å². The number of aliphatic hydroxyl groups is 1. The number of anilines is 1. The fraction of sp³-hybridized carbons (Fsp3) is 0.636. The normalized spacial score (nSPS) is 27.9. The van der Waals surface area contributed by atoms with Gasteiger partial charge in [0.25, 0.3) is 0 Å². The van der Waals surface area contributed by atoms with Crippen molar-refractivity contribution in [2.24, 2.45) is 5.92 Å². The molecule has 1 aliphatic carbocycles. The molecule has 4 rings (SSSR count). The Morgan fingerprint density at radius 1 is 1.28 bits per heavy atom. The highest BCUT2D eigenvalue weighted by Crippen LogP contribution is 2.47.